The lowest BCUT2D eigenvalue weighted by Crippen LogP contribution is -2.49. The van der Waals surface area contributed by atoms with Gasteiger partial charge in [-0.2, -0.15) is 5.26 Å². The van der Waals surface area contributed by atoms with Crippen molar-refractivity contribution in [3.05, 3.63) is 29.8 Å². The first-order valence-corrected chi connectivity index (χ1v) is 8.98. The Labute approximate surface area is 130 Å². The minimum atomic E-state index is -3.23. The van der Waals surface area contributed by atoms with E-state index in [4.69, 9.17) is 5.26 Å². The van der Waals surface area contributed by atoms with Gasteiger partial charge in [-0.1, -0.05) is 18.2 Å². The summed E-state index contributed by atoms with van der Waals surface area (Å²) in [4.78, 5) is 14.4. The van der Waals surface area contributed by atoms with Gasteiger partial charge >= 0.3 is 0 Å². The molecule has 2 aliphatic rings. The van der Waals surface area contributed by atoms with Gasteiger partial charge in [-0.25, -0.2) is 12.7 Å². The predicted molar refractivity (Wildman–Crippen MR) is 81.7 cm³/mol. The van der Waals surface area contributed by atoms with Crippen LogP contribution in [0.5, 0.6) is 0 Å². The second kappa shape index (κ2) is 5.07. The van der Waals surface area contributed by atoms with Crippen LogP contribution in [-0.4, -0.2) is 44.5 Å². The van der Waals surface area contributed by atoms with Gasteiger partial charge in [0.25, 0.3) is 0 Å². The van der Waals surface area contributed by atoms with Crippen molar-refractivity contribution in [1.82, 2.24) is 4.31 Å². The third-order valence-electron chi connectivity index (χ3n) is 4.64. The van der Waals surface area contributed by atoms with Crippen molar-refractivity contribution < 1.29 is 13.2 Å². The molecule has 0 radical (unpaired) electrons. The zero-order valence-electron chi connectivity index (χ0n) is 12.3. The molecule has 0 aliphatic carbocycles. The Kier molecular flexibility index (Phi) is 3.46. The van der Waals surface area contributed by atoms with Gasteiger partial charge in [-0.15, -0.1) is 0 Å². The summed E-state index contributed by atoms with van der Waals surface area (Å²) in [5.74, 6) is -0.0802. The topological polar surface area (TPSA) is 81.5 Å². The van der Waals surface area contributed by atoms with Crippen LogP contribution in [0.1, 0.15) is 18.4 Å². The number of para-hydroxylation sites is 1. The van der Waals surface area contributed by atoms with E-state index in [-0.39, 0.29) is 12.5 Å². The number of anilines is 1. The molecule has 2 heterocycles. The summed E-state index contributed by atoms with van der Waals surface area (Å²) in [6, 6.07) is 9.53. The average molecular weight is 319 g/mol. The Bertz CT molecular complexity index is 758. The highest BCUT2D eigenvalue weighted by atomic mass is 32.2. The van der Waals surface area contributed by atoms with E-state index in [1.54, 1.807) is 0 Å². The van der Waals surface area contributed by atoms with E-state index < -0.39 is 15.4 Å². The predicted octanol–water partition coefficient (Wildman–Crippen LogP) is 0.850. The third-order valence-corrected chi connectivity index (χ3v) is 5.94. The number of hydrogen-bond acceptors (Lipinski definition) is 4. The molecule has 1 amide bonds. The molecule has 1 aromatic carbocycles. The number of carbonyl (C=O) groups is 1. The quantitative estimate of drug-likeness (QED) is 0.757. The molecule has 0 atom stereocenters. The second-order valence-corrected chi connectivity index (χ2v) is 7.79. The summed E-state index contributed by atoms with van der Waals surface area (Å²) < 4.78 is 24.8. The molecule has 1 saturated heterocycles. The molecule has 0 bridgehead atoms. The van der Waals surface area contributed by atoms with Crippen LogP contribution in [0, 0.1) is 11.3 Å². The van der Waals surface area contributed by atoms with E-state index in [0.29, 0.717) is 25.9 Å². The first-order chi connectivity index (χ1) is 10.4. The van der Waals surface area contributed by atoms with Crippen molar-refractivity contribution in [2.45, 2.75) is 18.3 Å². The smallest absolute Gasteiger partial charge is 0.238 e. The second-order valence-electron chi connectivity index (χ2n) is 5.81. The van der Waals surface area contributed by atoms with Crippen molar-refractivity contribution >= 4 is 21.6 Å². The number of sulfonamides is 1. The minimum absolute atomic E-state index is 0.0212. The Morgan fingerprint density at radius 3 is 2.50 bits per heavy atom. The molecule has 0 aromatic heterocycles. The van der Waals surface area contributed by atoms with Gasteiger partial charge in [0.05, 0.1) is 17.7 Å². The highest BCUT2D eigenvalue weighted by Gasteiger charge is 2.52. The number of benzene rings is 1. The van der Waals surface area contributed by atoms with Gasteiger partial charge in [-0.05, 0) is 24.5 Å². The lowest BCUT2D eigenvalue weighted by molar-refractivity contribution is -0.124. The molecule has 0 saturated carbocycles. The SMILES string of the molecule is CS(=O)(=O)N1CCC2(CC1)C(=O)N(CC#N)c1ccccc12. The molecule has 1 spiro atoms. The number of piperidine rings is 1. The van der Waals surface area contributed by atoms with Crippen molar-refractivity contribution in [3.63, 3.8) is 0 Å². The zero-order chi connectivity index (χ0) is 16.0. The molecule has 2 aliphatic heterocycles. The van der Waals surface area contributed by atoms with Crippen molar-refractivity contribution in [3.8, 4) is 6.07 Å². The molecule has 1 fully saturated rings. The Morgan fingerprint density at radius 1 is 1.27 bits per heavy atom. The van der Waals surface area contributed by atoms with E-state index >= 15 is 0 Å². The number of carbonyl (C=O) groups excluding carboxylic acids is 1. The fourth-order valence-electron chi connectivity index (χ4n) is 3.51. The average Bonchev–Trinajstić information content (AvgIpc) is 2.71. The summed E-state index contributed by atoms with van der Waals surface area (Å²) in [5.41, 5.74) is 1.01. The fraction of sp³-hybridized carbons (Fsp3) is 0.467. The number of hydrogen-bond donors (Lipinski definition) is 0. The highest BCUT2D eigenvalue weighted by Crippen LogP contribution is 2.47. The molecule has 0 N–H and O–H groups in total. The monoisotopic (exact) mass is 319 g/mol. The lowest BCUT2D eigenvalue weighted by atomic mass is 9.74. The number of amides is 1. The van der Waals surface area contributed by atoms with E-state index in [0.717, 1.165) is 11.3 Å². The van der Waals surface area contributed by atoms with Crippen LogP contribution in [0.15, 0.2) is 24.3 Å². The molecular formula is C15H17N3O3S. The van der Waals surface area contributed by atoms with Crippen molar-refractivity contribution in [2.24, 2.45) is 0 Å². The van der Waals surface area contributed by atoms with Gasteiger partial charge in [-0.3, -0.25) is 9.69 Å². The Balaban J connectivity index is 1.99. The maximum absolute atomic E-state index is 12.9. The summed E-state index contributed by atoms with van der Waals surface area (Å²) in [6.07, 6.45) is 2.10. The zero-order valence-corrected chi connectivity index (χ0v) is 13.1. The molecule has 6 nitrogen and oxygen atoms in total. The minimum Gasteiger partial charge on any atom is -0.298 e. The Morgan fingerprint density at radius 2 is 1.91 bits per heavy atom. The van der Waals surface area contributed by atoms with Crippen molar-refractivity contribution in [1.29, 1.82) is 5.26 Å². The molecule has 22 heavy (non-hydrogen) atoms. The lowest BCUT2D eigenvalue weighted by Gasteiger charge is -2.37. The van der Waals surface area contributed by atoms with E-state index in [1.165, 1.54) is 15.5 Å². The summed E-state index contributed by atoms with van der Waals surface area (Å²) >= 11 is 0. The van der Waals surface area contributed by atoms with Gasteiger partial charge < -0.3 is 0 Å². The van der Waals surface area contributed by atoms with Crippen LogP contribution in [0.25, 0.3) is 0 Å². The summed E-state index contributed by atoms with van der Waals surface area (Å²) in [5, 5.41) is 8.97. The summed E-state index contributed by atoms with van der Waals surface area (Å²) in [7, 11) is -3.23. The molecular weight excluding hydrogens is 302 g/mol. The first-order valence-electron chi connectivity index (χ1n) is 7.14. The van der Waals surface area contributed by atoms with Crippen LogP contribution >= 0.6 is 0 Å². The molecule has 0 unspecified atom stereocenters. The largest absolute Gasteiger partial charge is 0.298 e. The maximum atomic E-state index is 12.9. The standard InChI is InChI=1S/C15H17N3O3S/c1-22(20,21)17-9-6-15(7-10-17)12-4-2-3-5-13(12)18(11-8-16)14(15)19/h2-5H,6-7,9-11H2,1H3. The first kappa shape index (κ1) is 15.0. The van der Waals surface area contributed by atoms with Crippen LogP contribution in [-0.2, 0) is 20.2 Å². The van der Waals surface area contributed by atoms with Crippen LogP contribution in [0.4, 0.5) is 5.69 Å². The van der Waals surface area contributed by atoms with Gasteiger partial charge in [0.2, 0.25) is 15.9 Å². The van der Waals surface area contributed by atoms with E-state index in [2.05, 4.69) is 0 Å². The number of nitriles is 1. The van der Waals surface area contributed by atoms with Crippen LogP contribution in [0.2, 0.25) is 0 Å². The number of rotatable bonds is 2. The van der Waals surface area contributed by atoms with Crippen LogP contribution < -0.4 is 4.90 Å². The van der Waals surface area contributed by atoms with E-state index in [1.807, 2.05) is 30.3 Å². The third kappa shape index (κ3) is 2.11. The Hall–Kier alpha value is -1.91. The number of fused-ring (bicyclic) bond motifs is 2. The highest BCUT2D eigenvalue weighted by molar-refractivity contribution is 7.88. The molecule has 116 valence electrons. The number of nitrogens with zero attached hydrogens (tertiary/aromatic N) is 3. The van der Waals surface area contributed by atoms with Crippen LogP contribution in [0.3, 0.4) is 0 Å². The molecule has 3 rings (SSSR count). The molecule has 7 heteroatoms. The molecule has 1 aromatic rings. The normalized spacial score (nSPS) is 20.9. The van der Waals surface area contributed by atoms with Gasteiger partial charge in [0.1, 0.15) is 6.54 Å². The van der Waals surface area contributed by atoms with E-state index in [9.17, 15) is 13.2 Å². The van der Waals surface area contributed by atoms with Gasteiger partial charge in [0.15, 0.2) is 0 Å². The van der Waals surface area contributed by atoms with Gasteiger partial charge in [0, 0.05) is 18.8 Å². The summed E-state index contributed by atoms with van der Waals surface area (Å²) in [6.45, 7) is 0.686. The van der Waals surface area contributed by atoms with Crippen molar-refractivity contribution in [2.75, 3.05) is 30.8 Å². The fourth-order valence-corrected chi connectivity index (χ4v) is 4.35. The maximum Gasteiger partial charge on any atom is 0.238 e.